The van der Waals surface area contributed by atoms with E-state index in [1.165, 1.54) is 11.3 Å². The predicted molar refractivity (Wildman–Crippen MR) is 95.4 cm³/mol. The summed E-state index contributed by atoms with van der Waals surface area (Å²) in [7, 11) is 1.60. The zero-order valence-electron chi connectivity index (χ0n) is 13.3. The van der Waals surface area contributed by atoms with Crippen LogP contribution in [0.2, 0.25) is 0 Å². The van der Waals surface area contributed by atoms with Crippen molar-refractivity contribution in [3.8, 4) is 0 Å². The molecule has 7 heteroatoms. The van der Waals surface area contributed by atoms with Gasteiger partial charge in [0.05, 0.1) is 16.8 Å². The molecule has 3 aromatic rings. The highest BCUT2D eigenvalue weighted by atomic mass is 32.1. The van der Waals surface area contributed by atoms with Gasteiger partial charge in [0.2, 0.25) is 5.95 Å². The minimum Gasteiger partial charge on any atom is -0.383 e. The summed E-state index contributed by atoms with van der Waals surface area (Å²) < 4.78 is 5.74. The molecule has 1 amide bonds. The van der Waals surface area contributed by atoms with Gasteiger partial charge in [0.15, 0.2) is 5.69 Å². The van der Waals surface area contributed by atoms with E-state index >= 15 is 0 Å². The van der Waals surface area contributed by atoms with Crippen LogP contribution < -0.4 is 10.6 Å². The second-order valence-electron chi connectivity index (χ2n) is 5.12. The van der Waals surface area contributed by atoms with Crippen molar-refractivity contribution in [3.05, 3.63) is 53.0 Å². The molecule has 2 aromatic heterocycles. The molecule has 0 atom stereocenters. The van der Waals surface area contributed by atoms with Crippen molar-refractivity contribution >= 4 is 33.4 Å². The number of fused-ring (bicyclic) bond motifs is 1. The first-order chi connectivity index (χ1) is 11.8. The number of benzene rings is 1. The molecule has 3 rings (SSSR count). The lowest BCUT2D eigenvalue weighted by atomic mass is 10.2. The van der Waals surface area contributed by atoms with Gasteiger partial charge in [-0.2, -0.15) is 0 Å². The molecule has 6 nitrogen and oxygen atoms in total. The van der Waals surface area contributed by atoms with Crippen LogP contribution in [-0.4, -0.2) is 36.1 Å². The first-order valence-electron chi connectivity index (χ1n) is 7.58. The number of methoxy groups -OCH3 is 1. The summed E-state index contributed by atoms with van der Waals surface area (Å²) >= 11 is 1.46. The second-order valence-corrected chi connectivity index (χ2v) is 6.03. The summed E-state index contributed by atoms with van der Waals surface area (Å²) in [5, 5.41) is 7.90. The SMILES string of the molecule is COCCNC(=O)c1nc(NCc2ccccc2)nc2ccsc12. The summed E-state index contributed by atoms with van der Waals surface area (Å²) in [6.07, 6.45) is 0. The normalized spacial score (nSPS) is 10.7. The van der Waals surface area contributed by atoms with Gasteiger partial charge in [0, 0.05) is 20.2 Å². The fourth-order valence-corrected chi connectivity index (χ4v) is 3.04. The summed E-state index contributed by atoms with van der Waals surface area (Å²) in [6.45, 7) is 1.50. The van der Waals surface area contributed by atoms with Gasteiger partial charge in [0.1, 0.15) is 0 Å². The van der Waals surface area contributed by atoms with Crippen molar-refractivity contribution in [1.29, 1.82) is 0 Å². The largest absolute Gasteiger partial charge is 0.383 e. The standard InChI is InChI=1S/C17H18N4O2S/c1-23-9-8-18-16(22)14-15-13(7-10-24-15)20-17(21-14)19-11-12-5-3-2-4-6-12/h2-7,10H,8-9,11H2,1H3,(H,18,22)(H,19,20,21). The quantitative estimate of drug-likeness (QED) is 0.646. The number of hydrogen-bond donors (Lipinski definition) is 2. The monoisotopic (exact) mass is 342 g/mol. The third-order valence-electron chi connectivity index (χ3n) is 3.40. The summed E-state index contributed by atoms with van der Waals surface area (Å²) in [4.78, 5) is 21.3. The van der Waals surface area contributed by atoms with E-state index < -0.39 is 0 Å². The van der Waals surface area contributed by atoms with Crippen molar-refractivity contribution < 1.29 is 9.53 Å². The van der Waals surface area contributed by atoms with Crippen molar-refractivity contribution in [1.82, 2.24) is 15.3 Å². The number of nitrogens with zero attached hydrogens (tertiary/aromatic N) is 2. The topological polar surface area (TPSA) is 76.1 Å². The van der Waals surface area contributed by atoms with E-state index in [4.69, 9.17) is 4.74 Å². The molecule has 0 aliphatic carbocycles. The lowest BCUT2D eigenvalue weighted by Crippen LogP contribution is -2.28. The second kappa shape index (κ2) is 7.85. The van der Waals surface area contributed by atoms with Gasteiger partial charge in [-0.05, 0) is 17.0 Å². The van der Waals surface area contributed by atoms with Gasteiger partial charge in [-0.25, -0.2) is 9.97 Å². The van der Waals surface area contributed by atoms with E-state index in [1.807, 2.05) is 41.8 Å². The molecule has 0 aliphatic heterocycles. The number of anilines is 1. The Bertz CT molecular complexity index is 820. The molecule has 0 unspecified atom stereocenters. The average molecular weight is 342 g/mol. The van der Waals surface area contributed by atoms with Crippen molar-refractivity contribution in [2.75, 3.05) is 25.6 Å². The Morgan fingerprint density at radius 2 is 2.04 bits per heavy atom. The highest BCUT2D eigenvalue weighted by molar-refractivity contribution is 7.17. The number of hydrogen-bond acceptors (Lipinski definition) is 6. The molecule has 0 bridgehead atoms. The number of aromatic nitrogens is 2. The highest BCUT2D eigenvalue weighted by Crippen LogP contribution is 2.23. The summed E-state index contributed by atoms with van der Waals surface area (Å²) in [6, 6.07) is 11.9. The fraction of sp³-hybridized carbons (Fsp3) is 0.235. The highest BCUT2D eigenvalue weighted by Gasteiger charge is 2.15. The molecule has 0 saturated heterocycles. The van der Waals surface area contributed by atoms with Crippen molar-refractivity contribution in [2.24, 2.45) is 0 Å². The maximum absolute atomic E-state index is 12.4. The number of ether oxygens (including phenoxy) is 1. The van der Waals surface area contributed by atoms with Crippen LogP contribution >= 0.6 is 11.3 Å². The van der Waals surface area contributed by atoms with Gasteiger partial charge < -0.3 is 15.4 Å². The minimum absolute atomic E-state index is 0.218. The summed E-state index contributed by atoms with van der Waals surface area (Å²) in [5.41, 5.74) is 2.28. The molecule has 0 saturated carbocycles. The molecular weight excluding hydrogens is 324 g/mol. The Morgan fingerprint density at radius 3 is 2.83 bits per heavy atom. The number of carbonyl (C=O) groups excluding carboxylic acids is 1. The number of carbonyl (C=O) groups is 1. The van der Waals surface area contributed by atoms with Crippen molar-refractivity contribution in [2.45, 2.75) is 6.54 Å². The Morgan fingerprint density at radius 1 is 1.21 bits per heavy atom. The smallest absolute Gasteiger partial charge is 0.271 e. The van der Waals surface area contributed by atoms with Crippen LogP contribution in [0.3, 0.4) is 0 Å². The number of rotatable bonds is 7. The maximum atomic E-state index is 12.4. The Hall–Kier alpha value is -2.51. The molecule has 0 spiro atoms. The lowest BCUT2D eigenvalue weighted by molar-refractivity contribution is 0.0934. The Labute approximate surface area is 143 Å². The van der Waals surface area contributed by atoms with Crippen LogP contribution in [0.5, 0.6) is 0 Å². The van der Waals surface area contributed by atoms with Crippen LogP contribution in [0.1, 0.15) is 16.1 Å². The predicted octanol–water partition coefficient (Wildman–Crippen LogP) is 2.68. The van der Waals surface area contributed by atoms with Gasteiger partial charge in [-0.1, -0.05) is 30.3 Å². The van der Waals surface area contributed by atoms with Crippen LogP contribution in [0, 0.1) is 0 Å². The van der Waals surface area contributed by atoms with Crippen LogP contribution in [0.15, 0.2) is 41.8 Å². The molecular formula is C17H18N4O2S. The molecule has 124 valence electrons. The van der Waals surface area contributed by atoms with Gasteiger partial charge >= 0.3 is 0 Å². The van der Waals surface area contributed by atoms with Gasteiger partial charge in [-0.15, -0.1) is 11.3 Å². The van der Waals surface area contributed by atoms with Crippen LogP contribution in [-0.2, 0) is 11.3 Å². The molecule has 1 aromatic carbocycles. The van der Waals surface area contributed by atoms with E-state index in [2.05, 4.69) is 20.6 Å². The third-order valence-corrected chi connectivity index (χ3v) is 4.31. The summed E-state index contributed by atoms with van der Waals surface area (Å²) in [5.74, 6) is 0.228. The Kier molecular flexibility index (Phi) is 5.35. The molecule has 0 radical (unpaired) electrons. The molecule has 0 aliphatic rings. The Balaban J connectivity index is 1.80. The number of nitrogens with one attached hydrogen (secondary N) is 2. The molecule has 2 N–H and O–H groups in total. The maximum Gasteiger partial charge on any atom is 0.271 e. The van der Waals surface area contributed by atoms with E-state index in [0.29, 0.717) is 31.3 Å². The number of amides is 1. The zero-order valence-corrected chi connectivity index (χ0v) is 14.1. The van der Waals surface area contributed by atoms with E-state index in [1.54, 1.807) is 7.11 Å². The lowest BCUT2D eigenvalue weighted by Gasteiger charge is -2.09. The van der Waals surface area contributed by atoms with E-state index in [9.17, 15) is 4.79 Å². The first-order valence-corrected chi connectivity index (χ1v) is 8.46. The molecule has 0 fully saturated rings. The van der Waals surface area contributed by atoms with Crippen molar-refractivity contribution in [3.63, 3.8) is 0 Å². The van der Waals surface area contributed by atoms with Gasteiger partial charge in [-0.3, -0.25) is 4.79 Å². The van der Waals surface area contributed by atoms with E-state index in [-0.39, 0.29) is 5.91 Å². The van der Waals surface area contributed by atoms with Crippen LogP contribution in [0.25, 0.3) is 10.2 Å². The average Bonchev–Trinajstić information content (AvgIpc) is 3.08. The van der Waals surface area contributed by atoms with Gasteiger partial charge in [0.25, 0.3) is 5.91 Å². The third kappa shape index (κ3) is 3.87. The fourth-order valence-electron chi connectivity index (χ4n) is 2.22. The number of thiophene rings is 1. The first kappa shape index (κ1) is 16.4. The molecule has 24 heavy (non-hydrogen) atoms. The van der Waals surface area contributed by atoms with E-state index in [0.717, 1.165) is 15.8 Å². The van der Waals surface area contributed by atoms with Crippen LogP contribution in [0.4, 0.5) is 5.95 Å². The minimum atomic E-state index is -0.218. The zero-order chi connectivity index (χ0) is 16.8. The molecule has 2 heterocycles.